The van der Waals surface area contributed by atoms with Crippen LogP contribution in [0.2, 0.25) is 0 Å². The number of nitrogens with one attached hydrogen (secondary N) is 3. The van der Waals surface area contributed by atoms with Gasteiger partial charge in [-0.1, -0.05) is 12.1 Å². The molecule has 0 radical (unpaired) electrons. The molecule has 3 aromatic rings. The minimum absolute atomic E-state index is 0.0640. The van der Waals surface area contributed by atoms with Gasteiger partial charge in [0, 0.05) is 43.3 Å². The predicted molar refractivity (Wildman–Crippen MR) is 118 cm³/mol. The van der Waals surface area contributed by atoms with Gasteiger partial charge in [-0.05, 0) is 39.2 Å². The van der Waals surface area contributed by atoms with E-state index in [9.17, 15) is 4.79 Å². The summed E-state index contributed by atoms with van der Waals surface area (Å²) in [4.78, 5) is 11.9. The van der Waals surface area contributed by atoms with Gasteiger partial charge in [0.05, 0.1) is 23.5 Å². The van der Waals surface area contributed by atoms with Crippen LogP contribution in [0.15, 0.2) is 24.3 Å². The van der Waals surface area contributed by atoms with Crippen molar-refractivity contribution in [3.8, 4) is 0 Å². The van der Waals surface area contributed by atoms with E-state index in [-0.39, 0.29) is 18.2 Å². The van der Waals surface area contributed by atoms with Gasteiger partial charge < -0.3 is 20.1 Å². The largest absolute Gasteiger partial charge is 0.446 e. The van der Waals surface area contributed by atoms with Crippen molar-refractivity contribution in [1.29, 1.82) is 0 Å². The van der Waals surface area contributed by atoms with E-state index in [1.165, 1.54) is 0 Å². The number of carbonyl (C=O) groups is 1. The molecular formula is C22H30N6O3. The molecule has 166 valence electrons. The van der Waals surface area contributed by atoms with Crippen molar-refractivity contribution >= 4 is 28.5 Å². The number of aromatic amines is 1. The third-order valence-electron chi connectivity index (χ3n) is 5.59. The summed E-state index contributed by atoms with van der Waals surface area (Å²) in [7, 11) is 3.60. The van der Waals surface area contributed by atoms with E-state index in [0.717, 1.165) is 53.1 Å². The molecule has 0 aliphatic heterocycles. The van der Waals surface area contributed by atoms with Crippen LogP contribution in [0.3, 0.4) is 0 Å². The molecule has 2 heterocycles. The van der Waals surface area contributed by atoms with Crippen LogP contribution in [-0.4, -0.2) is 45.3 Å². The summed E-state index contributed by atoms with van der Waals surface area (Å²) in [5.74, 6) is 1.04. The Bertz CT molecular complexity index is 1060. The number of hydrogen-bond acceptors (Lipinski definition) is 6. The molecule has 1 saturated carbocycles. The van der Waals surface area contributed by atoms with Gasteiger partial charge in [0.25, 0.3) is 0 Å². The van der Waals surface area contributed by atoms with Crippen LogP contribution in [0.25, 0.3) is 10.9 Å². The van der Waals surface area contributed by atoms with E-state index >= 15 is 0 Å². The van der Waals surface area contributed by atoms with E-state index in [0.29, 0.717) is 12.5 Å². The van der Waals surface area contributed by atoms with Crippen molar-refractivity contribution in [2.75, 3.05) is 12.4 Å². The van der Waals surface area contributed by atoms with Crippen molar-refractivity contribution in [3.05, 3.63) is 35.7 Å². The molecule has 1 aliphatic rings. The Kier molecular flexibility index (Phi) is 6.13. The van der Waals surface area contributed by atoms with Crippen molar-refractivity contribution in [3.63, 3.8) is 0 Å². The molecule has 2 aromatic heterocycles. The van der Waals surface area contributed by atoms with E-state index in [4.69, 9.17) is 9.47 Å². The molecule has 0 saturated heterocycles. The van der Waals surface area contributed by atoms with Crippen LogP contribution in [-0.2, 0) is 23.1 Å². The van der Waals surface area contributed by atoms with Gasteiger partial charge in [0.15, 0.2) is 5.82 Å². The minimum Gasteiger partial charge on any atom is -0.446 e. The Morgan fingerprint density at radius 2 is 2.19 bits per heavy atom. The standard InChI is InChI=1S/C22H30N6O3/c1-13(2)23-22(29)31-15-9-8-14(10-15)18-11-20(26-25-18)24-17-7-5-6-16-19(12-30-4)27-28(3)21(16)17/h5-7,11,13-15H,8-10,12H2,1-4H3,(H,23,29)(H2,24,25,26). The number of methoxy groups -OCH3 is 1. The van der Waals surface area contributed by atoms with E-state index in [1.807, 2.05) is 49.8 Å². The van der Waals surface area contributed by atoms with Crippen LogP contribution >= 0.6 is 0 Å². The van der Waals surface area contributed by atoms with Crippen LogP contribution in [0, 0.1) is 0 Å². The lowest BCUT2D eigenvalue weighted by Crippen LogP contribution is -2.33. The van der Waals surface area contributed by atoms with Gasteiger partial charge in [-0.3, -0.25) is 9.78 Å². The predicted octanol–water partition coefficient (Wildman–Crippen LogP) is 3.96. The highest BCUT2D eigenvalue weighted by molar-refractivity contribution is 5.94. The fourth-order valence-corrected chi connectivity index (χ4v) is 4.25. The minimum atomic E-state index is -0.343. The molecule has 0 bridgehead atoms. The summed E-state index contributed by atoms with van der Waals surface area (Å²) in [6.45, 7) is 4.30. The highest BCUT2D eigenvalue weighted by Crippen LogP contribution is 2.36. The lowest BCUT2D eigenvalue weighted by atomic mass is 10.0. The number of fused-ring (bicyclic) bond motifs is 1. The SMILES string of the molecule is COCc1nn(C)c2c(Nc3cc(C4CCC(OC(=O)NC(C)C)C4)[nH]n3)cccc12. The first-order chi connectivity index (χ1) is 14.9. The van der Waals surface area contributed by atoms with Crippen LogP contribution in [0.4, 0.5) is 16.3 Å². The molecule has 9 nitrogen and oxygen atoms in total. The first-order valence-corrected chi connectivity index (χ1v) is 10.7. The smallest absolute Gasteiger partial charge is 0.407 e. The third-order valence-corrected chi connectivity index (χ3v) is 5.59. The van der Waals surface area contributed by atoms with E-state index in [1.54, 1.807) is 7.11 Å². The zero-order valence-electron chi connectivity index (χ0n) is 18.4. The second-order valence-electron chi connectivity index (χ2n) is 8.37. The molecular weight excluding hydrogens is 396 g/mol. The van der Waals surface area contributed by atoms with E-state index in [2.05, 4.69) is 25.9 Å². The number of H-pyrrole nitrogens is 1. The molecule has 9 heteroatoms. The average molecular weight is 427 g/mol. The highest BCUT2D eigenvalue weighted by Gasteiger charge is 2.30. The first kappa shape index (κ1) is 21.2. The first-order valence-electron chi connectivity index (χ1n) is 10.7. The summed E-state index contributed by atoms with van der Waals surface area (Å²) >= 11 is 0. The quantitative estimate of drug-likeness (QED) is 0.528. The Morgan fingerprint density at radius 3 is 2.97 bits per heavy atom. The van der Waals surface area contributed by atoms with Crippen LogP contribution in [0.5, 0.6) is 0 Å². The molecule has 2 unspecified atom stereocenters. The number of aryl methyl sites for hydroxylation is 1. The fourth-order valence-electron chi connectivity index (χ4n) is 4.25. The summed E-state index contributed by atoms with van der Waals surface area (Å²) in [6, 6.07) is 8.17. The number of anilines is 2. The highest BCUT2D eigenvalue weighted by atomic mass is 16.6. The maximum Gasteiger partial charge on any atom is 0.407 e. The average Bonchev–Trinajstić information content (AvgIpc) is 3.42. The number of ether oxygens (including phenoxy) is 2. The topological polar surface area (TPSA) is 106 Å². The number of benzene rings is 1. The summed E-state index contributed by atoms with van der Waals surface area (Å²) in [5, 5.41) is 19.4. The number of aromatic nitrogens is 4. The normalized spacial score (nSPS) is 18.6. The zero-order valence-corrected chi connectivity index (χ0v) is 18.4. The van der Waals surface area contributed by atoms with Gasteiger partial charge in [-0.25, -0.2) is 4.79 Å². The monoisotopic (exact) mass is 426 g/mol. The molecule has 0 spiro atoms. The Morgan fingerprint density at radius 1 is 1.35 bits per heavy atom. The second kappa shape index (κ2) is 8.97. The third kappa shape index (κ3) is 4.66. The molecule has 1 aliphatic carbocycles. The lowest BCUT2D eigenvalue weighted by molar-refractivity contribution is 0.0981. The summed E-state index contributed by atoms with van der Waals surface area (Å²) in [5.41, 5.74) is 3.90. The van der Waals surface area contributed by atoms with E-state index < -0.39 is 0 Å². The van der Waals surface area contributed by atoms with Gasteiger partial charge in [0.2, 0.25) is 0 Å². The van der Waals surface area contributed by atoms with Crippen molar-refractivity contribution in [1.82, 2.24) is 25.3 Å². The number of para-hydroxylation sites is 1. The molecule has 3 N–H and O–H groups in total. The number of carbonyl (C=O) groups excluding carboxylic acids is 1. The van der Waals surface area contributed by atoms with Crippen molar-refractivity contribution in [2.24, 2.45) is 7.05 Å². The lowest BCUT2D eigenvalue weighted by Gasteiger charge is -2.14. The van der Waals surface area contributed by atoms with Gasteiger partial charge >= 0.3 is 6.09 Å². The number of nitrogens with zero attached hydrogens (tertiary/aromatic N) is 3. The van der Waals surface area contributed by atoms with Crippen molar-refractivity contribution in [2.45, 2.75) is 57.8 Å². The number of rotatable bonds is 7. The second-order valence-corrected chi connectivity index (χ2v) is 8.37. The fraction of sp³-hybridized carbons (Fsp3) is 0.500. The molecule has 1 aromatic carbocycles. The molecule has 4 rings (SSSR count). The molecule has 31 heavy (non-hydrogen) atoms. The Hall–Kier alpha value is -3.07. The number of hydrogen-bond donors (Lipinski definition) is 3. The summed E-state index contributed by atoms with van der Waals surface area (Å²) in [6.07, 6.45) is 2.20. The van der Waals surface area contributed by atoms with Crippen LogP contribution < -0.4 is 10.6 Å². The molecule has 1 amide bonds. The van der Waals surface area contributed by atoms with Crippen LogP contribution in [0.1, 0.15) is 50.4 Å². The molecule has 2 atom stereocenters. The zero-order chi connectivity index (χ0) is 22.0. The van der Waals surface area contributed by atoms with Gasteiger partial charge in [-0.15, -0.1) is 0 Å². The Balaban J connectivity index is 1.44. The van der Waals surface area contributed by atoms with Gasteiger partial charge in [-0.2, -0.15) is 10.2 Å². The van der Waals surface area contributed by atoms with Crippen molar-refractivity contribution < 1.29 is 14.3 Å². The Labute approximate surface area is 181 Å². The van der Waals surface area contributed by atoms with Gasteiger partial charge in [0.1, 0.15) is 6.10 Å². The maximum absolute atomic E-state index is 11.9. The maximum atomic E-state index is 11.9. The molecule has 1 fully saturated rings. The summed E-state index contributed by atoms with van der Waals surface area (Å²) < 4.78 is 12.7. The number of alkyl carbamates (subject to hydrolysis) is 1. The number of amides is 1.